The van der Waals surface area contributed by atoms with Crippen molar-refractivity contribution in [2.75, 3.05) is 0 Å². The van der Waals surface area contributed by atoms with E-state index in [9.17, 15) is 12.8 Å². The van der Waals surface area contributed by atoms with E-state index >= 15 is 0 Å². The van der Waals surface area contributed by atoms with E-state index in [-0.39, 0.29) is 4.90 Å². The summed E-state index contributed by atoms with van der Waals surface area (Å²) in [4.78, 5) is -0.293. The first kappa shape index (κ1) is 10.1. The van der Waals surface area contributed by atoms with Crippen LogP contribution in [0.5, 0.6) is 0 Å². The second kappa shape index (κ2) is 3.43. The van der Waals surface area contributed by atoms with Gasteiger partial charge in [-0.25, -0.2) is 4.39 Å². The molecule has 1 rings (SSSR count). The summed E-state index contributed by atoms with van der Waals surface area (Å²) < 4.78 is 38.5. The van der Waals surface area contributed by atoms with E-state index in [1.165, 1.54) is 19.1 Å². The summed E-state index contributed by atoms with van der Waals surface area (Å²) in [5, 5.41) is 0. The van der Waals surface area contributed by atoms with Crippen LogP contribution >= 0.6 is 0 Å². The molecule has 2 radical (unpaired) electrons. The molecule has 0 heterocycles. The van der Waals surface area contributed by atoms with Gasteiger partial charge in [0.15, 0.2) is 0 Å². The Hall–Kier alpha value is -0.940. The summed E-state index contributed by atoms with van der Waals surface area (Å²) in [5.41, 5.74) is 0.357. The summed E-state index contributed by atoms with van der Waals surface area (Å²) in [6.45, 7) is 1.52. The van der Waals surface area contributed by atoms with E-state index in [0.717, 1.165) is 6.07 Å². The molecule has 0 aliphatic heterocycles. The minimum Gasteiger partial charge on any atom is -0.257 e. The molecule has 0 amide bonds. The molecule has 0 unspecified atom stereocenters. The number of benzene rings is 1. The molecule has 0 saturated heterocycles. The summed E-state index contributed by atoms with van der Waals surface area (Å²) in [7, 11) is 0.516. The van der Waals surface area contributed by atoms with Crippen molar-refractivity contribution >= 4 is 10.1 Å². The summed E-state index contributed by atoms with van der Waals surface area (Å²) >= 11 is 0. The van der Waals surface area contributed by atoms with Gasteiger partial charge in [-0.05, 0) is 24.6 Å². The molecule has 0 aromatic heterocycles. The Bertz CT molecular complexity index is 411. The molecular weight excluding hydrogens is 195 g/mol. The Kier molecular flexibility index (Phi) is 2.68. The number of rotatable bonds is 2. The van der Waals surface area contributed by atoms with Gasteiger partial charge in [0.05, 0.1) is 4.90 Å². The smallest absolute Gasteiger partial charge is 0.257 e. The van der Waals surface area contributed by atoms with Crippen LogP contribution in [0, 0.1) is 19.9 Å². The quantitative estimate of drug-likeness (QED) is 0.683. The van der Waals surface area contributed by atoms with Crippen LogP contribution in [0.25, 0.3) is 0 Å². The standard InChI is InChI=1S/C8H7FO3S/c1-6-3-4-7(5-8(6)9)13(10,11)12-2/h2-5H,1H3. The van der Waals surface area contributed by atoms with Crippen LogP contribution in [-0.4, -0.2) is 8.42 Å². The van der Waals surface area contributed by atoms with Crippen LogP contribution in [0.4, 0.5) is 4.39 Å². The first-order valence-electron chi connectivity index (χ1n) is 3.37. The van der Waals surface area contributed by atoms with Crippen molar-refractivity contribution in [3.8, 4) is 0 Å². The van der Waals surface area contributed by atoms with E-state index in [0.29, 0.717) is 5.56 Å². The second-order valence-electron chi connectivity index (χ2n) is 2.46. The molecule has 0 saturated carbocycles. The van der Waals surface area contributed by atoms with Crippen LogP contribution < -0.4 is 0 Å². The van der Waals surface area contributed by atoms with Gasteiger partial charge in [-0.1, -0.05) is 6.07 Å². The number of halogens is 1. The predicted octanol–water partition coefficient (Wildman–Crippen LogP) is 1.51. The Balaban J connectivity index is 3.27. The largest absolute Gasteiger partial charge is 0.297 e. The van der Waals surface area contributed by atoms with E-state index < -0.39 is 15.9 Å². The van der Waals surface area contributed by atoms with E-state index in [1.54, 1.807) is 0 Å². The molecule has 0 bridgehead atoms. The first-order valence-corrected chi connectivity index (χ1v) is 4.78. The third kappa shape index (κ3) is 2.05. The molecule has 0 spiro atoms. The number of hydrogen-bond acceptors (Lipinski definition) is 3. The fraction of sp³-hybridized carbons (Fsp3) is 0.125. The second-order valence-corrected chi connectivity index (χ2v) is 4.03. The van der Waals surface area contributed by atoms with Gasteiger partial charge < -0.3 is 0 Å². The molecule has 70 valence electrons. The van der Waals surface area contributed by atoms with Crippen LogP contribution in [0.15, 0.2) is 23.1 Å². The monoisotopic (exact) mass is 202 g/mol. The Morgan fingerprint density at radius 1 is 1.46 bits per heavy atom. The van der Waals surface area contributed by atoms with Crippen molar-refractivity contribution in [1.29, 1.82) is 0 Å². The van der Waals surface area contributed by atoms with Gasteiger partial charge in [0.25, 0.3) is 10.1 Å². The van der Waals surface area contributed by atoms with E-state index in [2.05, 4.69) is 11.3 Å². The average Bonchev–Trinajstić information content (AvgIpc) is 2.09. The van der Waals surface area contributed by atoms with Gasteiger partial charge in [0, 0.05) is 0 Å². The van der Waals surface area contributed by atoms with Gasteiger partial charge in [0.2, 0.25) is 0 Å². The molecule has 3 nitrogen and oxygen atoms in total. The van der Waals surface area contributed by atoms with Gasteiger partial charge in [-0.15, -0.1) is 0 Å². The van der Waals surface area contributed by atoms with Crippen molar-refractivity contribution < 1.29 is 17.0 Å². The summed E-state index contributed by atoms with van der Waals surface area (Å²) in [6, 6.07) is 3.42. The SMILES string of the molecule is [CH]OS(=O)(=O)c1ccc(C)c(F)c1. The molecule has 0 fully saturated rings. The highest BCUT2D eigenvalue weighted by Gasteiger charge is 2.14. The number of aryl methyl sites for hydroxylation is 1. The lowest BCUT2D eigenvalue weighted by atomic mass is 10.2. The highest BCUT2D eigenvalue weighted by Crippen LogP contribution is 2.15. The van der Waals surface area contributed by atoms with Crippen LogP contribution in [0.3, 0.4) is 0 Å². The number of hydrogen-bond donors (Lipinski definition) is 0. The lowest BCUT2D eigenvalue weighted by molar-refractivity contribution is 0.437. The van der Waals surface area contributed by atoms with Gasteiger partial charge in [0.1, 0.15) is 12.9 Å². The fourth-order valence-electron chi connectivity index (χ4n) is 0.785. The highest BCUT2D eigenvalue weighted by atomic mass is 32.2. The molecule has 0 aliphatic rings. The van der Waals surface area contributed by atoms with E-state index in [4.69, 9.17) is 0 Å². The zero-order chi connectivity index (χ0) is 10.1. The minimum atomic E-state index is -4.00. The van der Waals surface area contributed by atoms with Crippen molar-refractivity contribution in [2.24, 2.45) is 0 Å². The topological polar surface area (TPSA) is 43.4 Å². The Morgan fingerprint density at radius 3 is 2.54 bits per heavy atom. The van der Waals surface area contributed by atoms with E-state index in [1.807, 2.05) is 0 Å². The Morgan fingerprint density at radius 2 is 2.08 bits per heavy atom. The first-order chi connectivity index (χ1) is 5.97. The van der Waals surface area contributed by atoms with Crippen LogP contribution in [0.1, 0.15) is 5.56 Å². The minimum absolute atomic E-state index is 0.293. The van der Waals surface area contributed by atoms with Gasteiger partial charge in [-0.3, -0.25) is 4.18 Å². The molecule has 0 atom stereocenters. The van der Waals surface area contributed by atoms with Gasteiger partial charge >= 0.3 is 0 Å². The zero-order valence-electron chi connectivity index (χ0n) is 6.82. The normalized spacial score (nSPS) is 11.6. The van der Waals surface area contributed by atoms with Crippen molar-refractivity contribution in [2.45, 2.75) is 11.8 Å². The van der Waals surface area contributed by atoms with Crippen LogP contribution in [0.2, 0.25) is 0 Å². The third-order valence-electron chi connectivity index (χ3n) is 1.56. The summed E-state index contributed by atoms with van der Waals surface area (Å²) in [6.07, 6.45) is 0. The summed E-state index contributed by atoms with van der Waals surface area (Å²) in [5.74, 6) is -0.613. The zero-order valence-corrected chi connectivity index (χ0v) is 7.64. The Labute approximate surface area is 76.3 Å². The van der Waals surface area contributed by atoms with Crippen molar-refractivity contribution in [3.63, 3.8) is 0 Å². The maximum atomic E-state index is 12.9. The predicted molar refractivity (Wildman–Crippen MR) is 43.7 cm³/mol. The molecule has 0 N–H and O–H groups in total. The average molecular weight is 202 g/mol. The molecule has 13 heavy (non-hydrogen) atoms. The third-order valence-corrected chi connectivity index (χ3v) is 2.64. The van der Waals surface area contributed by atoms with Crippen LogP contribution in [-0.2, 0) is 14.3 Å². The molecule has 1 aromatic carbocycles. The van der Waals surface area contributed by atoms with Gasteiger partial charge in [-0.2, -0.15) is 8.42 Å². The maximum absolute atomic E-state index is 12.9. The molecular formula is C8H7FO3S. The maximum Gasteiger partial charge on any atom is 0.297 e. The van der Waals surface area contributed by atoms with Crippen molar-refractivity contribution in [1.82, 2.24) is 0 Å². The van der Waals surface area contributed by atoms with Crippen molar-refractivity contribution in [3.05, 3.63) is 36.7 Å². The fourth-order valence-corrected chi connectivity index (χ4v) is 1.38. The highest BCUT2D eigenvalue weighted by molar-refractivity contribution is 7.86. The lowest BCUT2D eigenvalue weighted by Gasteiger charge is -2.01. The lowest BCUT2D eigenvalue weighted by Crippen LogP contribution is -2.02. The molecule has 5 heteroatoms. The molecule has 1 aromatic rings. The molecule has 0 aliphatic carbocycles.